The van der Waals surface area contributed by atoms with Crippen molar-refractivity contribution in [2.75, 3.05) is 38.0 Å². The molecule has 0 saturated carbocycles. The number of esters is 1. The van der Waals surface area contributed by atoms with E-state index in [0.29, 0.717) is 19.5 Å². The minimum Gasteiger partial charge on any atom is -0.460 e. The molecule has 3 rings (SSSR count). The minimum atomic E-state index is -0.506. The maximum absolute atomic E-state index is 12.9. The Morgan fingerprint density at radius 2 is 1.71 bits per heavy atom. The zero-order valence-electron chi connectivity index (χ0n) is 20.8. The number of hydrogen-bond acceptors (Lipinski definition) is 5. The quantitative estimate of drug-likeness (QED) is 0.591. The number of nitrogens with zero attached hydrogens (tertiary/aromatic N) is 2. The lowest BCUT2D eigenvalue weighted by atomic mass is 9.81. The summed E-state index contributed by atoms with van der Waals surface area (Å²) in [6.07, 6.45) is 3.64. The summed E-state index contributed by atoms with van der Waals surface area (Å²) in [5, 5.41) is 2.98. The van der Waals surface area contributed by atoms with E-state index in [-0.39, 0.29) is 35.7 Å². The molecule has 3 N–H and O–H groups in total. The van der Waals surface area contributed by atoms with Gasteiger partial charge in [-0.05, 0) is 90.1 Å². The number of nitrogens with two attached hydrogens (primary N) is 1. The fraction of sp³-hybridized carbons (Fsp3) is 0.654. The van der Waals surface area contributed by atoms with E-state index in [9.17, 15) is 14.4 Å². The van der Waals surface area contributed by atoms with Crippen LogP contribution in [0.25, 0.3) is 0 Å². The third kappa shape index (κ3) is 8.01. The molecule has 34 heavy (non-hydrogen) atoms. The van der Waals surface area contributed by atoms with Crippen molar-refractivity contribution in [3.05, 3.63) is 30.3 Å². The zero-order valence-corrected chi connectivity index (χ0v) is 20.8. The zero-order chi connectivity index (χ0) is 24.7. The summed E-state index contributed by atoms with van der Waals surface area (Å²) in [7, 11) is 0. The Kier molecular flexibility index (Phi) is 8.94. The number of carbonyl (C=O) groups is 3. The van der Waals surface area contributed by atoms with Gasteiger partial charge in [0.2, 0.25) is 5.91 Å². The molecule has 0 radical (unpaired) electrons. The van der Waals surface area contributed by atoms with Crippen LogP contribution in [0.5, 0.6) is 0 Å². The highest BCUT2D eigenvalue weighted by Gasteiger charge is 2.34. The van der Waals surface area contributed by atoms with Crippen molar-refractivity contribution in [3.63, 3.8) is 0 Å². The van der Waals surface area contributed by atoms with Crippen molar-refractivity contribution in [3.8, 4) is 0 Å². The molecule has 8 nitrogen and oxygen atoms in total. The highest BCUT2D eigenvalue weighted by atomic mass is 16.6. The van der Waals surface area contributed by atoms with E-state index in [1.165, 1.54) is 0 Å². The van der Waals surface area contributed by atoms with E-state index < -0.39 is 5.60 Å². The summed E-state index contributed by atoms with van der Waals surface area (Å²) in [5.74, 6) is -0.0187. The van der Waals surface area contributed by atoms with Crippen LogP contribution in [0.3, 0.4) is 0 Å². The van der Waals surface area contributed by atoms with E-state index >= 15 is 0 Å². The number of rotatable bonds is 7. The Bertz CT molecular complexity index is 831. The summed E-state index contributed by atoms with van der Waals surface area (Å²) >= 11 is 0. The molecule has 1 aromatic rings. The van der Waals surface area contributed by atoms with Gasteiger partial charge in [0.1, 0.15) is 5.60 Å². The van der Waals surface area contributed by atoms with Crippen molar-refractivity contribution in [1.29, 1.82) is 0 Å². The molecule has 2 atom stereocenters. The Labute approximate surface area is 203 Å². The van der Waals surface area contributed by atoms with Crippen LogP contribution in [-0.2, 0) is 14.3 Å². The molecular formula is C26H40N4O4. The van der Waals surface area contributed by atoms with Crippen LogP contribution in [0.2, 0.25) is 0 Å². The number of likely N-dealkylation sites (tertiary alicyclic amines) is 2. The summed E-state index contributed by atoms with van der Waals surface area (Å²) in [6, 6.07) is 9.36. The third-order valence-electron chi connectivity index (χ3n) is 6.86. The molecular weight excluding hydrogens is 432 g/mol. The molecule has 0 bridgehead atoms. The predicted octanol–water partition coefficient (Wildman–Crippen LogP) is 3.48. The van der Waals surface area contributed by atoms with Crippen LogP contribution < -0.4 is 11.1 Å². The summed E-state index contributed by atoms with van der Waals surface area (Å²) in [6.45, 7) is 9.48. The lowest BCUT2D eigenvalue weighted by Gasteiger charge is -2.40. The number of benzene rings is 1. The molecule has 1 aromatic carbocycles. The lowest BCUT2D eigenvalue weighted by Crippen LogP contribution is -2.47. The van der Waals surface area contributed by atoms with Gasteiger partial charge in [0.15, 0.2) is 0 Å². The van der Waals surface area contributed by atoms with Gasteiger partial charge in [-0.2, -0.15) is 0 Å². The number of hydrogen-bond donors (Lipinski definition) is 2. The van der Waals surface area contributed by atoms with Gasteiger partial charge in [-0.25, -0.2) is 4.79 Å². The number of urea groups is 1. The molecule has 2 heterocycles. The van der Waals surface area contributed by atoms with E-state index in [0.717, 1.165) is 51.0 Å². The Balaban J connectivity index is 1.60. The molecule has 0 unspecified atom stereocenters. The highest BCUT2D eigenvalue weighted by molar-refractivity contribution is 5.89. The Morgan fingerprint density at radius 3 is 2.32 bits per heavy atom. The molecule has 0 aromatic heterocycles. The second-order valence-electron chi connectivity index (χ2n) is 10.6. The van der Waals surface area contributed by atoms with Crippen molar-refractivity contribution in [1.82, 2.24) is 9.80 Å². The fourth-order valence-corrected chi connectivity index (χ4v) is 4.97. The number of ether oxygens (including phenoxy) is 1. The van der Waals surface area contributed by atoms with E-state index in [2.05, 4.69) is 10.2 Å². The number of piperidine rings is 2. The van der Waals surface area contributed by atoms with E-state index in [1.807, 2.05) is 56.0 Å². The van der Waals surface area contributed by atoms with Gasteiger partial charge in [0.25, 0.3) is 0 Å². The topological polar surface area (TPSA) is 105 Å². The minimum absolute atomic E-state index is 0.0250. The molecule has 2 aliphatic heterocycles. The molecule has 2 aliphatic rings. The van der Waals surface area contributed by atoms with Crippen molar-refractivity contribution >= 4 is 23.6 Å². The average molecular weight is 473 g/mol. The van der Waals surface area contributed by atoms with Crippen LogP contribution in [0.15, 0.2) is 30.3 Å². The van der Waals surface area contributed by atoms with Gasteiger partial charge < -0.3 is 25.6 Å². The number of amides is 3. The maximum Gasteiger partial charge on any atom is 0.321 e. The first kappa shape index (κ1) is 26.0. The van der Waals surface area contributed by atoms with E-state index in [1.54, 1.807) is 0 Å². The third-order valence-corrected chi connectivity index (χ3v) is 6.86. The van der Waals surface area contributed by atoms with Gasteiger partial charge >= 0.3 is 12.0 Å². The summed E-state index contributed by atoms with van der Waals surface area (Å²) in [5.41, 5.74) is 5.73. The second kappa shape index (κ2) is 11.7. The van der Waals surface area contributed by atoms with Crippen molar-refractivity contribution < 1.29 is 19.1 Å². The first-order valence-electron chi connectivity index (χ1n) is 12.4. The molecule has 2 saturated heterocycles. The predicted molar refractivity (Wildman–Crippen MR) is 132 cm³/mol. The molecule has 188 valence electrons. The first-order chi connectivity index (χ1) is 16.1. The SMILES string of the molecule is CC(C)(C)OC(=O)C[C@@H]1CCN(C(=O)Nc2ccccc2)C[C@@H]1CCN1CCC(C(N)=O)CC1. The molecule has 0 aliphatic carbocycles. The monoisotopic (exact) mass is 472 g/mol. The number of carbonyl (C=O) groups excluding carboxylic acids is 3. The average Bonchev–Trinajstić information content (AvgIpc) is 2.78. The number of anilines is 1. The molecule has 8 heteroatoms. The van der Waals surface area contributed by atoms with Crippen LogP contribution in [-0.4, -0.2) is 66.0 Å². The number of para-hydroxylation sites is 1. The number of primary amides is 1. The van der Waals surface area contributed by atoms with Crippen LogP contribution in [0.4, 0.5) is 10.5 Å². The van der Waals surface area contributed by atoms with E-state index in [4.69, 9.17) is 10.5 Å². The largest absolute Gasteiger partial charge is 0.460 e. The van der Waals surface area contributed by atoms with Gasteiger partial charge in [0, 0.05) is 31.1 Å². The first-order valence-corrected chi connectivity index (χ1v) is 12.4. The molecule has 2 fully saturated rings. The van der Waals surface area contributed by atoms with Crippen molar-refractivity contribution in [2.24, 2.45) is 23.5 Å². The smallest absolute Gasteiger partial charge is 0.321 e. The van der Waals surface area contributed by atoms with Gasteiger partial charge in [-0.3, -0.25) is 9.59 Å². The standard InChI is InChI=1S/C26H40N4O4/c1-26(2,3)34-23(31)17-20-12-16-30(25(33)28-22-7-5-4-6-8-22)18-21(20)11-15-29-13-9-19(10-14-29)24(27)32/h4-8,19-21H,9-18H2,1-3H3,(H2,27,32)(H,28,33)/t20-,21-/m0/s1. The van der Waals surface area contributed by atoms with Crippen LogP contribution in [0.1, 0.15) is 52.9 Å². The Morgan fingerprint density at radius 1 is 1.03 bits per heavy atom. The summed E-state index contributed by atoms with van der Waals surface area (Å²) < 4.78 is 5.58. The number of nitrogens with one attached hydrogen (secondary N) is 1. The molecule has 3 amide bonds. The maximum atomic E-state index is 12.9. The normalized spacial score (nSPS) is 22.3. The fourth-order valence-electron chi connectivity index (χ4n) is 4.97. The van der Waals surface area contributed by atoms with Crippen LogP contribution >= 0.6 is 0 Å². The highest BCUT2D eigenvalue weighted by Crippen LogP contribution is 2.31. The lowest BCUT2D eigenvalue weighted by molar-refractivity contribution is -0.156. The second-order valence-corrected chi connectivity index (χ2v) is 10.6. The molecule has 0 spiro atoms. The Hall–Kier alpha value is -2.61. The van der Waals surface area contributed by atoms with Gasteiger partial charge in [-0.1, -0.05) is 18.2 Å². The van der Waals surface area contributed by atoms with Crippen molar-refractivity contribution in [2.45, 2.75) is 58.5 Å². The van der Waals surface area contributed by atoms with Gasteiger partial charge in [-0.15, -0.1) is 0 Å². The van der Waals surface area contributed by atoms with Gasteiger partial charge in [0.05, 0.1) is 0 Å². The van der Waals surface area contributed by atoms with Crippen LogP contribution in [0, 0.1) is 17.8 Å². The summed E-state index contributed by atoms with van der Waals surface area (Å²) in [4.78, 5) is 41.2.